The normalized spacial score (nSPS) is 22.0. The van der Waals surface area contributed by atoms with Crippen molar-refractivity contribution in [1.82, 2.24) is 4.90 Å². The van der Waals surface area contributed by atoms with Gasteiger partial charge < -0.3 is 4.74 Å². The smallest absolute Gasteiger partial charge is 0.159 e. The number of piperidine rings is 1. The topological polar surface area (TPSA) is 29.5 Å². The zero-order valence-corrected chi connectivity index (χ0v) is 14.1. The lowest BCUT2D eigenvalue weighted by Crippen LogP contribution is -2.60. The molecule has 0 bridgehead atoms. The Bertz CT molecular complexity index is 499. The first kappa shape index (κ1) is 16.0. The summed E-state index contributed by atoms with van der Waals surface area (Å²) in [6.07, 6.45) is 2.21. The van der Waals surface area contributed by atoms with E-state index >= 15 is 0 Å². The zero-order chi connectivity index (χ0) is 15.8. The van der Waals surface area contributed by atoms with Crippen molar-refractivity contribution < 1.29 is 9.53 Å². The maximum Gasteiger partial charge on any atom is 0.159 e. The SMILES string of the molecule is CC(=O)c1ccc(OC2CC(C)(C)N(C)C(C)(C)C2)cc1. The van der Waals surface area contributed by atoms with E-state index in [9.17, 15) is 4.79 Å². The summed E-state index contributed by atoms with van der Waals surface area (Å²) < 4.78 is 6.17. The monoisotopic (exact) mass is 289 g/mol. The molecule has 1 aliphatic rings. The first-order chi connectivity index (χ1) is 9.62. The molecular weight excluding hydrogens is 262 g/mol. The van der Waals surface area contributed by atoms with E-state index in [1.54, 1.807) is 6.92 Å². The van der Waals surface area contributed by atoms with Crippen LogP contribution in [0.5, 0.6) is 5.75 Å². The molecule has 0 amide bonds. The van der Waals surface area contributed by atoms with Gasteiger partial charge in [0.1, 0.15) is 11.9 Å². The molecule has 1 aromatic carbocycles. The quantitative estimate of drug-likeness (QED) is 0.790. The molecule has 0 aromatic heterocycles. The number of benzene rings is 1. The van der Waals surface area contributed by atoms with E-state index in [0.29, 0.717) is 0 Å². The molecule has 2 rings (SSSR count). The van der Waals surface area contributed by atoms with Crippen LogP contribution >= 0.6 is 0 Å². The van der Waals surface area contributed by atoms with Gasteiger partial charge in [-0.3, -0.25) is 9.69 Å². The van der Waals surface area contributed by atoms with Crippen LogP contribution in [0.4, 0.5) is 0 Å². The van der Waals surface area contributed by atoms with Crippen LogP contribution < -0.4 is 4.74 Å². The third-order valence-electron chi connectivity index (χ3n) is 4.83. The van der Waals surface area contributed by atoms with Gasteiger partial charge in [-0.15, -0.1) is 0 Å². The molecule has 1 heterocycles. The highest BCUT2D eigenvalue weighted by Crippen LogP contribution is 2.38. The highest BCUT2D eigenvalue weighted by Gasteiger charge is 2.43. The van der Waals surface area contributed by atoms with Gasteiger partial charge in [-0.05, 0) is 65.9 Å². The number of carbonyl (C=O) groups is 1. The zero-order valence-electron chi connectivity index (χ0n) is 14.1. The van der Waals surface area contributed by atoms with Gasteiger partial charge in [-0.2, -0.15) is 0 Å². The maximum atomic E-state index is 11.3. The second kappa shape index (κ2) is 5.45. The van der Waals surface area contributed by atoms with E-state index in [0.717, 1.165) is 24.2 Å². The van der Waals surface area contributed by atoms with Crippen molar-refractivity contribution >= 4 is 5.78 Å². The van der Waals surface area contributed by atoms with E-state index in [2.05, 4.69) is 39.6 Å². The molecule has 1 aromatic rings. The summed E-state index contributed by atoms with van der Waals surface area (Å²) >= 11 is 0. The first-order valence-corrected chi connectivity index (χ1v) is 7.63. The minimum Gasteiger partial charge on any atom is -0.490 e. The molecule has 0 radical (unpaired) electrons. The highest BCUT2D eigenvalue weighted by molar-refractivity contribution is 5.94. The second-order valence-electron chi connectivity index (χ2n) is 7.41. The fraction of sp³-hybridized carbons (Fsp3) is 0.611. The number of ketones is 1. The predicted molar refractivity (Wildman–Crippen MR) is 86.0 cm³/mol. The van der Waals surface area contributed by atoms with Crippen LogP contribution in [0.25, 0.3) is 0 Å². The number of hydrogen-bond acceptors (Lipinski definition) is 3. The molecule has 3 heteroatoms. The van der Waals surface area contributed by atoms with Crippen LogP contribution in [0, 0.1) is 0 Å². The van der Waals surface area contributed by atoms with Gasteiger partial charge >= 0.3 is 0 Å². The lowest BCUT2D eigenvalue weighted by molar-refractivity contribution is -0.0556. The summed E-state index contributed by atoms with van der Waals surface area (Å²) in [5, 5.41) is 0. The fourth-order valence-electron chi connectivity index (χ4n) is 3.32. The number of likely N-dealkylation sites (tertiary alicyclic amines) is 1. The highest BCUT2D eigenvalue weighted by atomic mass is 16.5. The van der Waals surface area contributed by atoms with E-state index in [4.69, 9.17) is 4.74 Å². The summed E-state index contributed by atoms with van der Waals surface area (Å²) in [5.74, 6) is 0.935. The Morgan fingerprint density at radius 3 is 2.00 bits per heavy atom. The van der Waals surface area contributed by atoms with E-state index in [-0.39, 0.29) is 23.0 Å². The summed E-state index contributed by atoms with van der Waals surface area (Å²) in [6, 6.07) is 7.47. The van der Waals surface area contributed by atoms with Crippen molar-refractivity contribution in [3.8, 4) is 5.75 Å². The largest absolute Gasteiger partial charge is 0.490 e. The van der Waals surface area contributed by atoms with Gasteiger partial charge in [0.2, 0.25) is 0 Å². The molecule has 0 atom stereocenters. The predicted octanol–water partition coefficient (Wildman–Crippen LogP) is 3.92. The molecule has 116 valence electrons. The molecule has 0 saturated carbocycles. The molecular formula is C18H27NO2. The maximum absolute atomic E-state index is 11.3. The Balaban J connectivity index is 2.11. The van der Waals surface area contributed by atoms with Crippen LogP contribution in [-0.2, 0) is 0 Å². The minimum absolute atomic E-state index is 0.0862. The standard InChI is InChI=1S/C18H27NO2/c1-13(20)14-7-9-15(10-8-14)21-16-11-17(2,3)19(6)18(4,5)12-16/h7-10,16H,11-12H2,1-6H3. The van der Waals surface area contributed by atoms with Gasteiger partial charge in [0.15, 0.2) is 5.78 Å². The Morgan fingerprint density at radius 2 is 1.57 bits per heavy atom. The number of carbonyl (C=O) groups excluding carboxylic acids is 1. The Labute approximate surface area is 128 Å². The van der Waals surface area contributed by atoms with E-state index in [1.165, 1.54) is 0 Å². The van der Waals surface area contributed by atoms with Crippen LogP contribution in [0.1, 0.15) is 57.8 Å². The molecule has 0 aliphatic carbocycles. The molecule has 0 spiro atoms. The number of nitrogens with zero attached hydrogens (tertiary/aromatic N) is 1. The van der Waals surface area contributed by atoms with Crippen molar-refractivity contribution in [1.29, 1.82) is 0 Å². The number of Topliss-reactive ketones (excluding diaryl/α,β-unsaturated/α-hetero) is 1. The molecule has 3 nitrogen and oxygen atoms in total. The van der Waals surface area contributed by atoms with Crippen molar-refractivity contribution in [3.63, 3.8) is 0 Å². The van der Waals surface area contributed by atoms with Crippen LogP contribution in [0.15, 0.2) is 24.3 Å². The minimum atomic E-state index is 0.0862. The molecule has 1 saturated heterocycles. The van der Waals surface area contributed by atoms with Crippen molar-refractivity contribution in [2.75, 3.05) is 7.05 Å². The number of hydrogen-bond donors (Lipinski definition) is 0. The van der Waals surface area contributed by atoms with Crippen molar-refractivity contribution in [2.24, 2.45) is 0 Å². The van der Waals surface area contributed by atoms with Gasteiger partial charge in [0.05, 0.1) is 0 Å². The number of ether oxygens (including phenoxy) is 1. The first-order valence-electron chi connectivity index (χ1n) is 7.63. The van der Waals surface area contributed by atoms with Gasteiger partial charge in [0.25, 0.3) is 0 Å². The Hall–Kier alpha value is -1.35. The van der Waals surface area contributed by atoms with Crippen molar-refractivity contribution in [3.05, 3.63) is 29.8 Å². The van der Waals surface area contributed by atoms with E-state index < -0.39 is 0 Å². The fourth-order valence-corrected chi connectivity index (χ4v) is 3.32. The van der Waals surface area contributed by atoms with Gasteiger partial charge in [-0.25, -0.2) is 0 Å². The summed E-state index contributed by atoms with van der Waals surface area (Å²) in [5.41, 5.74) is 0.962. The second-order valence-corrected chi connectivity index (χ2v) is 7.41. The van der Waals surface area contributed by atoms with Crippen molar-refractivity contribution in [2.45, 2.75) is 64.6 Å². The Morgan fingerprint density at radius 1 is 1.10 bits per heavy atom. The summed E-state index contributed by atoms with van der Waals surface area (Å²) in [7, 11) is 2.19. The average Bonchev–Trinajstić information content (AvgIpc) is 2.36. The van der Waals surface area contributed by atoms with Crippen LogP contribution in [0.2, 0.25) is 0 Å². The van der Waals surface area contributed by atoms with Gasteiger partial charge in [0, 0.05) is 29.5 Å². The van der Waals surface area contributed by atoms with E-state index in [1.807, 2.05) is 24.3 Å². The van der Waals surface area contributed by atoms with Crippen LogP contribution in [-0.4, -0.2) is 34.9 Å². The lowest BCUT2D eigenvalue weighted by atomic mass is 9.79. The third kappa shape index (κ3) is 3.46. The molecule has 0 N–H and O–H groups in total. The molecule has 0 unspecified atom stereocenters. The average molecular weight is 289 g/mol. The number of rotatable bonds is 3. The molecule has 1 fully saturated rings. The summed E-state index contributed by atoms with van der Waals surface area (Å²) in [4.78, 5) is 13.7. The Kier molecular flexibility index (Phi) is 4.16. The third-order valence-corrected chi connectivity index (χ3v) is 4.83. The van der Waals surface area contributed by atoms with Crippen LogP contribution in [0.3, 0.4) is 0 Å². The molecule has 21 heavy (non-hydrogen) atoms. The molecule has 1 aliphatic heterocycles. The van der Waals surface area contributed by atoms with Gasteiger partial charge in [-0.1, -0.05) is 0 Å². The lowest BCUT2D eigenvalue weighted by Gasteiger charge is -2.53. The summed E-state index contributed by atoms with van der Waals surface area (Å²) in [6.45, 7) is 10.6.